The van der Waals surface area contributed by atoms with Gasteiger partial charge in [0.2, 0.25) is 0 Å². The van der Waals surface area contributed by atoms with E-state index in [9.17, 15) is 0 Å². The lowest BCUT2D eigenvalue weighted by atomic mass is 9.75. The molecule has 22 heavy (non-hydrogen) atoms. The maximum atomic E-state index is 6.35. The molecular formula is C18H16O4. The summed E-state index contributed by atoms with van der Waals surface area (Å²) in [4.78, 5) is 0. The molecule has 0 aromatic rings. The molecule has 4 heterocycles. The number of fused-ring (bicyclic) bond motifs is 3. The molecule has 3 atom stereocenters. The average molecular weight is 296 g/mol. The Morgan fingerprint density at radius 1 is 1.18 bits per heavy atom. The van der Waals surface area contributed by atoms with E-state index in [4.69, 9.17) is 18.9 Å². The van der Waals surface area contributed by atoms with Gasteiger partial charge in [0.1, 0.15) is 23.9 Å². The van der Waals surface area contributed by atoms with Crippen molar-refractivity contribution in [3.63, 3.8) is 0 Å². The number of hydrogen-bond donors (Lipinski definition) is 0. The van der Waals surface area contributed by atoms with Crippen molar-refractivity contribution in [2.45, 2.75) is 37.6 Å². The molecule has 4 aliphatic heterocycles. The first-order valence-electron chi connectivity index (χ1n) is 8.08. The zero-order valence-electron chi connectivity index (χ0n) is 12.1. The smallest absolute Gasteiger partial charge is 0.311 e. The summed E-state index contributed by atoms with van der Waals surface area (Å²) in [5.41, 5.74) is 3.26. The van der Waals surface area contributed by atoms with Crippen LogP contribution in [0.3, 0.4) is 0 Å². The van der Waals surface area contributed by atoms with E-state index >= 15 is 0 Å². The van der Waals surface area contributed by atoms with Crippen LogP contribution in [0.1, 0.15) is 25.7 Å². The Morgan fingerprint density at radius 3 is 3.18 bits per heavy atom. The largest absolute Gasteiger partial charge is 0.497 e. The molecule has 2 bridgehead atoms. The van der Waals surface area contributed by atoms with Crippen LogP contribution in [-0.4, -0.2) is 18.5 Å². The molecule has 1 spiro atoms. The van der Waals surface area contributed by atoms with Crippen LogP contribution in [0.2, 0.25) is 0 Å². The quantitative estimate of drug-likeness (QED) is 0.688. The SMILES string of the molecule is C1=CC2=CC3=COC4(O3)C2=C(C1)OC1CCC2CCOC2=C14. The molecule has 1 saturated heterocycles. The maximum absolute atomic E-state index is 6.35. The van der Waals surface area contributed by atoms with E-state index < -0.39 is 5.79 Å². The van der Waals surface area contributed by atoms with Crippen molar-refractivity contribution in [3.05, 3.63) is 58.5 Å². The highest BCUT2D eigenvalue weighted by molar-refractivity contribution is 5.61. The van der Waals surface area contributed by atoms with Gasteiger partial charge in [-0.3, -0.25) is 0 Å². The molecule has 0 amide bonds. The Hall–Kier alpha value is -2.10. The minimum atomic E-state index is -0.833. The van der Waals surface area contributed by atoms with Crippen LogP contribution in [-0.2, 0) is 18.9 Å². The van der Waals surface area contributed by atoms with Crippen LogP contribution < -0.4 is 0 Å². The summed E-state index contributed by atoms with van der Waals surface area (Å²) in [6.45, 7) is 0.793. The topological polar surface area (TPSA) is 36.9 Å². The summed E-state index contributed by atoms with van der Waals surface area (Å²) in [5.74, 6) is 2.51. The summed E-state index contributed by atoms with van der Waals surface area (Å²) in [6.07, 6.45) is 12.1. The van der Waals surface area contributed by atoms with Crippen molar-refractivity contribution in [3.8, 4) is 0 Å². The van der Waals surface area contributed by atoms with Gasteiger partial charge in [-0.15, -0.1) is 0 Å². The molecule has 6 aliphatic rings. The predicted octanol–water partition coefficient (Wildman–Crippen LogP) is 3.21. The van der Waals surface area contributed by atoms with Gasteiger partial charge in [0.05, 0.1) is 17.8 Å². The van der Waals surface area contributed by atoms with E-state index in [-0.39, 0.29) is 6.10 Å². The summed E-state index contributed by atoms with van der Waals surface area (Å²) < 4.78 is 24.7. The summed E-state index contributed by atoms with van der Waals surface area (Å²) in [5, 5.41) is 0. The number of hydrogen-bond acceptors (Lipinski definition) is 4. The second kappa shape index (κ2) is 3.62. The molecule has 4 nitrogen and oxygen atoms in total. The second-order valence-electron chi connectivity index (χ2n) is 6.66. The van der Waals surface area contributed by atoms with Crippen molar-refractivity contribution in [2.75, 3.05) is 6.61 Å². The average Bonchev–Trinajstić information content (AvgIpc) is 3.12. The lowest BCUT2D eigenvalue weighted by Crippen LogP contribution is -2.49. The molecule has 0 saturated carbocycles. The zero-order chi connectivity index (χ0) is 14.3. The van der Waals surface area contributed by atoms with Crippen molar-refractivity contribution >= 4 is 0 Å². The van der Waals surface area contributed by atoms with Crippen LogP contribution >= 0.6 is 0 Å². The highest BCUT2D eigenvalue weighted by Gasteiger charge is 2.60. The van der Waals surface area contributed by atoms with Crippen molar-refractivity contribution in [2.24, 2.45) is 5.92 Å². The molecule has 0 N–H and O–H groups in total. The fraction of sp³-hybridized carbons (Fsp3) is 0.444. The van der Waals surface area contributed by atoms with Gasteiger partial charge in [0, 0.05) is 12.3 Å². The molecular weight excluding hydrogens is 280 g/mol. The third-order valence-electron chi connectivity index (χ3n) is 5.50. The number of allylic oxidation sites excluding steroid dienone is 4. The first-order valence-corrected chi connectivity index (χ1v) is 8.08. The maximum Gasteiger partial charge on any atom is 0.311 e. The Labute approximate surface area is 128 Å². The lowest BCUT2D eigenvalue weighted by Gasteiger charge is -2.46. The first-order chi connectivity index (χ1) is 10.9. The fourth-order valence-corrected chi connectivity index (χ4v) is 4.63. The van der Waals surface area contributed by atoms with Crippen LogP contribution in [0.4, 0.5) is 0 Å². The second-order valence-corrected chi connectivity index (χ2v) is 6.66. The molecule has 0 aromatic carbocycles. The molecule has 112 valence electrons. The van der Waals surface area contributed by atoms with E-state index in [0.29, 0.717) is 5.92 Å². The standard InChI is InChI=1S/C18H16O4/c1-2-11-8-12-9-20-18(22-12)15(11)13(3-1)21-14-5-4-10-6-7-19-17(10)16(14)18/h1-2,8-10,14H,3-7H2. The molecule has 4 heteroatoms. The van der Waals surface area contributed by atoms with Gasteiger partial charge in [-0.25, -0.2) is 0 Å². The normalized spacial score (nSPS) is 39.6. The van der Waals surface area contributed by atoms with E-state index in [1.807, 2.05) is 6.08 Å². The van der Waals surface area contributed by atoms with E-state index in [2.05, 4.69) is 12.2 Å². The molecule has 1 fully saturated rings. The van der Waals surface area contributed by atoms with E-state index in [1.165, 1.54) is 0 Å². The minimum Gasteiger partial charge on any atom is -0.497 e. The monoisotopic (exact) mass is 296 g/mol. The molecule has 3 unspecified atom stereocenters. The van der Waals surface area contributed by atoms with Crippen molar-refractivity contribution in [1.82, 2.24) is 0 Å². The van der Waals surface area contributed by atoms with Crippen LogP contribution in [0, 0.1) is 5.92 Å². The van der Waals surface area contributed by atoms with E-state index in [0.717, 1.165) is 66.3 Å². The van der Waals surface area contributed by atoms with Crippen LogP contribution in [0.5, 0.6) is 0 Å². The van der Waals surface area contributed by atoms with Gasteiger partial charge in [-0.1, -0.05) is 12.2 Å². The summed E-state index contributed by atoms with van der Waals surface area (Å²) >= 11 is 0. The molecule has 0 radical (unpaired) electrons. The Bertz CT molecular complexity index is 751. The molecule has 0 aromatic heterocycles. The van der Waals surface area contributed by atoms with Crippen molar-refractivity contribution < 1.29 is 18.9 Å². The predicted molar refractivity (Wildman–Crippen MR) is 77.0 cm³/mol. The van der Waals surface area contributed by atoms with Crippen molar-refractivity contribution in [1.29, 1.82) is 0 Å². The lowest BCUT2D eigenvalue weighted by molar-refractivity contribution is -0.120. The van der Waals surface area contributed by atoms with Gasteiger partial charge >= 0.3 is 5.79 Å². The molecule has 6 rings (SSSR count). The summed E-state index contributed by atoms with van der Waals surface area (Å²) in [6, 6.07) is 0. The zero-order valence-corrected chi connectivity index (χ0v) is 12.1. The molecule has 2 aliphatic carbocycles. The highest BCUT2D eigenvalue weighted by atomic mass is 16.7. The Balaban J connectivity index is 1.65. The third-order valence-corrected chi connectivity index (χ3v) is 5.50. The Morgan fingerprint density at radius 2 is 2.18 bits per heavy atom. The number of rotatable bonds is 0. The van der Waals surface area contributed by atoms with Crippen LogP contribution in [0.25, 0.3) is 0 Å². The first kappa shape index (κ1) is 11.5. The van der Waals surface area contributed by atoms with Crippen LogP contribution in [0.15, 0.2) is 58.5 Å². The van der Waals surface area contributed by atoms with Gasteiger partial charge in [-0.05, 0) is 30.9 Å². The van der Waals surface area contributed by atoms with E-state index in [1.54, 1.807) is 6.26 Å². The summed E-state index contributed by atoms with van der Waals surface area (Å²) in [7, 11) is 0. The Kier molecular flexibility index (Phi) is 1.89. The number of ether oxygens (including phenoxy) is 4. The minimum absolute atomic E-state index is 0.0155. The highest BCUT2D eigenvalue weighted by Crippen LogP contribution is 2.57. The van der Waals surface area contributed by atoms with Gasteiger partial charge in [-0.2, -0.15) is 0 Å². The third kappa shape index (κ3) is 1.18. The fourth-order valence-electron chi connectivity index (χ4n) is 4.63. The van der Waals surface area contributed by atoms with Gasteiger partial charge < -0.3 is 18.9 Å². The van der Waals surface area contributed by atoms with Gasteiger partial charge in [0.25, 0.3) is 0 Å². The van der Waals surface area contributed by atoms with Gasteiger partial charge in [0.15, 0.2) is 5.76 Å².